The third-order valence-corrected chi connectivity index (χ3v) is 6.49. The Morgan fingerprint density at radius 3 is 2.63 bits per heavy atom. The second-order valence-corrected chi connectivity index (χ2v) is 8.32. The van der Waals surface area contributed by atoms with E-state index >= 15 is 0 Å². The molecule has 1 aliphatic carbocycles. The Kier molecular flexibility index (Phi) is 4.22. The summed E-state index contributed by atoms with van der Waals surface area (Å²) < 4.78 is 12.1. The second-order valence-electron chi connectivity index (χ2n) is 7.47. The first kappa shape index (κ1) is 17.2. The van der Waals surface area contributed by atoms with Crippen molar-refractivity contribution < 1.29 is 19.4 Å². The molecular formula is C21H20BrNO4. The predicted octanol–water partition coefficient (Wildman–Crippen LogP) is 2.71. The molecule has 0 radical (unpaired) electrons. The molecule has 2 N–H and O–H groups in total. The van der Waals surface area contributed by atoms with Crippen LogP contribution in [0, 0.1) is 11.8 Å². The molecule has 27 heavy (non-hydrogen) atoms. The summed E-state index contributed by atoms with van der Waals surface area (Å²) in [5.74, 6) is 1.45. The highest BCUT2D eigenvalue weighted by molar-refractivity contribution is 9.10. The second kappa shape index (κ2) is 6.62. The van der Waals surface area contributed by atoms with Crippen LogP contribution in [0.15, 0.2) is 46.9 Å². The van der Waals surface area contributed by atoms with Crippen molar-refractivity contribution in [3.63, 3.8) is 0 Å². The van der Waals surface area contributed by atoms with Gasteiger partial charge < -0.3 is 19.9 Å². The van der Waals surface area contributed by atoms with Gasteiger partial charge in [0.2, 0.25) is 0 Å². The van der Waals surface area contributed by atoms with Crippen LogP contribution >= 0.6 is 15.9 Å². The number of fused-ring (bicyclic) bond motifs is 2. The van der Waals surface area contributed by atoms with Crippen molar-refractivity contribution in [3.8, 4) is 5.75 Å². The van der Waals surface area contributed by atoms with E-state index in [2.05, 4.69) is 21.2 Å². The van der Waals surface area contributed by atoms with Gasteiger partial charge in [-0.2, -0.15) is 0 Å². The molecule has 1 saturated heterocycles. The van der Waals surface area contributed by atoms with Gasteiger partial charge >= 0.3 is 0 Å². The average molecular weight is 430 g/mol. The summed E-state index contributed by atoms with van der Waals surface area (Å²) in [5, 5.41) is 13.0. The smallest absolute Gasteiger partial charge is 0.251 e. The lowest BCUT2D eigenvalue weighted by atomic mass is 9.87. The molecule has 1 saturated carbocycles. The number of carbonyl (C=O) groups is 1. The van der Waals surface area contributed by atoms with Crippen LogP contribution in [-0.2, 0) is 4.74 Å². The number of hydrogen-bond acceptors (Lipinski definition) is 4. The number of carbonyl (C=O) groups excluding carboxylic acids is 1. The van der Waals surface area contributed by atoms with Crippen molar-refractivity contribution in [1.82, 2.24) is 5.32 Å². The number of amides is 1. The van der Waals surface area contributed by atoms with E-state index in [1.165, 1.54) is 0 Å². The number of ether oxygens (including phenoxy) is 2. The molecule has 5 nitrogen and oxygen atoms in total. The van der Waals surface area contributed by atoms with Crippen molar-refractivity contribution in [2.75, 3.05) is 19.8 Å². The first-order valence-electron chi connectivity index (χ1n) is 9.22. The number of rotatable bonds is 4. The molecule has 2 aliphatic heterocycles. The van der Waals surface area contributed by atoms with Crippen LogP contribution in [0.1, 0.15) is 27.4 Å². The highest BCUT2D eigenvalue weighted by atomic mass is 79.9. The lowest BCUT2D eigenvalue weighted by Gasteiger charge is -2.17. The van der Waals surface area contributed by atoms with Crippen LogP contribution in [0.3, 0.4) is 0 Å². The van der Waals surface area contributed by atoms with E-state index < -0.39 is 0 Å². The number of hydrogen-bond donors (Lipinski definition) is 2. The zero-order chi connectivity index (χ0) is 18.5. The minimum atomic E-state index is -0.364. The number of halogens is 1. The molecule has 0 aromatic heterocycles. The Hall–Kier alpha value is -1.89. The van der Waals surface area contributed by atoms with Gasteiger partial charge in [0.1, 0.15) is 11.9 Å². The summed E-state index contributed by atoms with van der Waals surface area (Å²) in [5.41, 5.74) is 2.60. The van der Waals surface area contributed by atoms with Gasteiger partial charge in [0.05, 0.1) is 30.2 Å². The highest BCUT2D eigenvalue weighted by Crippen LogP contribution is 2.47. The van der Waals surface area contributed by atoms with Crippen LogP contribution in [0.4, 0.5) is 0 Å². The number of aliphatic hydroxyl groups excluding tert-OH is 1. The standard InChI is InChI=1S/C21H20BrNO4/c22-16-7-12(21(25)23-19-14-9-26-10-15(14)19)6-13-18(11-4-2-1-3-5-11)17(8-24)27-20(13)16/h1-7,14-15,17-19,24H,8-10H2,(H,23,25)/t14-,15+,17?,18?,19?. The summed E-state index contributed by atoms with van der Waals surface area (Å²) in [6, 6.07) is 13.9. The Balaban J connectivity index is 1.46. The number of benzene rings is 2. The van der Waals surface area contributed by atoms with E-state index in [-0.39, 0.29) is 30.6 Å². The molecule has 6 heteroatoms. The van der Waals surface area contributed by atoms with Crippen LogP contribution < -0.4 is 10.1 Å². The summed E-state index contributed by atoms with van der Waals surface area (Å²) in [6.45, 7) is 1.39. The fourth-order valence-electron chi connectivity index (χ4n) is 4.41. The summed E-state index contributed by atoms with van der Waals surface area (Å²) in [7, 11) is 0. The fraction of sp³-hybridized carbons (Fsp3) is 0.381. The quantitative estimate of drug-likeness (QED) is 0.783. The van der Waals surface area contributed by atoms with Gasteiger partial charge in [-0.1, -0.05) is 30.3 Å². The largest absolute Gasteiger partial charge is 0.486 e. The lowest BCUT2D eigenvalue weighted by molar-refractivity contribution is 0.0929. The zero-order valence-corrected chi connectivity index (χ0v) is 16.2. The van der Waals surface area contributed by atoms with Gasteiger partial charge in [0.15, 0.2) is 0 Å². The molecule has 140 valence electrons. The molecule has 5 rings (SSSR count). The van der Waals surface area contributed by atoms with E-state index in [1.54, 1.807) is 6.07 Å². The van der Waals surface area contributed by atoms with Crippen molar-refractivity contribution in [2.45, 2.75) is 18.1 Å². The summed E-state index contributed by atoms with van der Waals surface area (Å²) >= 11 is 3.55. The Morgan fingerprint density at radius 1 is 1.19 bits per heavy atom. The Bertz CT molecular complexity index is 877. The van der Waals surface area contributed by atoms with Crippen molar-refractivity contribution >= 4 is 21.8 Å². The first-order chi connectivity index (χ1) is 13.2. The number of nitrogens with one attached hydrogen (secondary N) is 1. The molecular weight excluding hydrogens is 410 g/mol. The van der Waals surface area contributed by atoms with Gasteiger partial charge in [-0.05, 0) is 33.6 Å². The predicted molar refractivity (Wildman–Crippen MR) is 103 cm³/mol. The fourth-order valence-corrected chi connectivity index (χ4v) is 4.98. The molecule has 2 aromatic carbocycles. The molecule has 2 fully saturated rings. The first-order valence-corrected chi connectivity index (χ1v) is 10.0. The average Bonchev–Trinajstić information content (AvgIpc) is 3.05. The maximum absolute atomic E-state index is 12.8. The maximum atomic E-state index is 12.8. The minimum Gasteiger partial charge on any atom is -0.486 e. The minimum absolute atomic E-state index is 0.0721. The molecule has 3 aliphatic rings. The molecule has 0 spiro atoms. The third kappa shape index (κ3) is 2.87. The molecule has 0 bridgehead atoms. The van der Waals surface area contributed by atoms with Crippen LogP contribution in [0.2, 0.25) is 0 Å². The SMILES string of the molecule is O=C(NC1[C@H]2COC[C@@H]12)c1cc(Br)c2c(c1)C(c1ccccc1)C(CO)O2. The molecule has 5 atom stereocenters. The summed E-state index contributed by atoms with van der Waals surface area (Å²) in [6.07, 6.45) is -0.364. The van der Waals surface area contributed by atoms with E-state index in [9.17, 15) is 9.90 Å². The monoisotopic (exact) mass is 429 g/mol. The van der Waals surface area contributed by atoms with Gasteiger partial charge in [-0.3, -0.25) is 4.79 Å². The normalized spacial score (nSPS) is 30.4. The van der Waals surface area contributed by atoms with Gasteiger partial charge in [-0.25, -0.2) is 0 Å². The van der Waals surface area contributed by atoms with Crippen molar-refractivity contribution in [1.29, 1.82) is 0 Å². The third-order valence-electron chi connectivity index (χ3n) is 5.90. The Morgan fingerprint density at radius 2 is 1.93 bits per heavy atom. The maximum Gasteiger partial charge on any atom is 0.251 e. The number of aliphatic hydroxyl groups is 1. The van der Waals surface area contributed by atoms with E-state index in [0.717, 1.165) is 28.8 Å². The van der Waals surface area contributed by atoms with E-state index in [1.807, 2.05) is 36.4 Å². The molecule has 2 heterocycles. The van der Waals surface area contributed by atoms with Crippen LogP contribution in [-0.4, -0.2) is 43.0 Å². The van der Waals surface area contributed by atoms with Gasteiger partial charge in [-0.15, -0.1) is 0 Å². The zero-order valence-electron chi connectivity index (χ0n) is 14.6. The van der Waals surface area contributed by atoms with Crippen LogP contribution in [0.5, 0.6) is 5.75 Å². The summed E-state index contributed by atoms with van der Waals surface area (Å²) in [4.78, 5) is 12.8. The van der Waals surface area contributed by atoms with Gasteiger partial charge in [0.25, 0.3) is 5.91 Å². The lowest BCUT2D eigenvalue weighted by Crippen LogP contribution is -2.30. The van der Waals surface area contributed by atoms with Crippen LogP contribution in [0.25, 0.3) is 0 Å². The van der Waals surface area contributed by atoms with Crippen molar-refractivity contribution in [3.05, 3.63) is 63.6 Å². The van der Waals surface area contributed by atoms with Crippen molar-refractivity contribution in [2.24, 2.45) is 11.8 Å². The molecule has 2 aromatic rings. The topological polar surface area (TPSA) is 67.8 Å². The molecule has 3 unspecified atom stereocenters. The van der Waals surface area contributed by atoms with Gasteiger partial charge in [0, 0.05) is 29.0 Å². The highest BCUT2D eigenvalue weighted by Gasteiger charge is 2.54. The molecule has 1 amide bonds. The van der Waals surface area contributed by atoms with E-state index in [4.69, 9.17) is 9.47 Å². The van der Waals surface area contributed by atoms with E-state index in [0.29, 0.717) is 23.1 Å². The Labute approximate surface area is 165 Å².